The van der Waals surface area contributed by atoms with Gasteiger partial charge in [0.1, 0.15) is 0 Å². The van der Waals surface area contributed by atoms with E-state index in [4.69, 9.17) is 5.10 Å². The second kappa shape index (κ2) is 6.65. The maximum absolute atomic E-state index is 12.3. The van der Waals surface area contributed by atoms with Crippen molar-refractivity contribution in [3.8, 4) is 0 Å². The molecule has 26 heavy (non-hydrogen) atoms. The van der Waals surface area contributed by atoms with Crippen molar-refractivity contribution in [3.63, 3.8) is 0 Å². The third kappa shape index (κ3) is 3.22. The van der Waals surface area contributed by atoms with Crippen LogP contribution in [0.3, 0.4) is 0 Å². The van der Waals surface area contributed by atoms with Gasteiger partial charge in [-0.25, -0.2) is 4.68 Å². The Kier molecular flexibility index (Phi) is 4.15. The Morgan fingerprint density at radius 3 is 2.81 bits per heavy atom. The molecule has 2 fully saturated rings. The molecule has 2 aromatic heterocycles. The first-order chi connectivity index (χ1) is 12.8. The molecule has 0 aromatic carbocycles. The molecule has 138 valence electrons. The normalized spacial score (nSPS) is 23.3. The van der Waals surface area contributed by atoms with Crippen molar-refractivity contribution in [2.45, 2.75) is 76.5 Å². The van der Waals surface area contributed by atoms with Crippen molar-refractivity contribution in [2.75, 3.05) is 6.54 Å². The van der Waals surface area contributed by atoms with Gasteiger partial charge in [0, 0.05) is 36.8 Å². The first-order valence-electron chi connectivity index (χ1n) is 10.1. The lowest BCUT2D eigenvalue weighted by atomic mass is 10.1. The van der Waals surface area contributed by atoms with E-state index < -0.39 is 0 Å². The van der Waals surface area contributed by atoms with Gasteiger partial charge < -0.3 is 0 Å². The summed E-state index contributed by atoms with van der Waals surface area (Å²) in [4.78, 5) is 14.8. The summed E-state index contributed by atoms with van der Waals surface area (Å²) in [6.45, 7) is 3.74. The Hall–Kier alpha value is -1.95. The lowest BCUT2D eigenvalue weighted by Crippen LogP contribution is -2.37. The molecule has 1 atom stereocenters. The number of hydrogen-bond donors (Lipinski definition) is 0. The molecule has 0 amide bonds. The molecule has 6 nitrogen and oxygen atoms in total. The van der Waals surface area contributed by atoms with Crippen molar-refractivity contribution >= 4 is 0 Å². The molecule has 3 aliphatic rings. The lowest BCUT2D eigenvalue weighted by molar-refractivity contribution is 0.213. The smallest absolute Gasteiger partial charge is 0.266 e. The van der Waals surface area contributed by atoms with E-state index in [2.05, 4.69) is 20.7 Å². The lowest BCUT2D eigenvalue weighted by Gasteiger charge is -2.24. The summed E-state index contributed by atoms with van der Waals surface area (Å²) in [5.74, 6) is 0.582. The first-order valence-corrected chi connectivity index (χ1v) is 10.1. The molecule has 0 N–H and O–H groups in total. The Bertz CT molecular complexity index is 827. The molecular weight excluding hydrogens is 326 g/mol. The first kappa shape index (κ1) is 16.2. The molecule has 2 aliphatic heterocycles. The van der Waals surface area contributed by atoms with Gasteiger partial charge in [0.05, 0.1) is 17.9 Å². The average Bonchev–Trinajstić information content (AvgIpc) is 3.28. The van der Waals surface area contributed by atoms with Gasteiger partial charge in [0.25, 0.3) is 5.56 Å². The summed E-state index contributed by atoms with van der Waals surface area (Å²) in [6.07, 6.45) is 8.43. The highest BCUT2D eigenvalue weighted by Gasteiger charge is 2.28. The number of hydrogen-bond acceptors (Lipinski definition) is 4. The van der Waals surface area contributed by atoms with Gasteiger partial charge in [-0.15, -0.1) is 0 Å². The van der Waals surface area contributed by atoms with E-state index >= 15 is 0 Å². The minimum absolute atomic E-state index is 0.0266. The number of aryl methyl sites for hydroxylation is 2. The van der Waals surface area contributed by atoms with E-state index in [1.807, 2.05) is 6.07 Å². The van der Waals surface area contributed by atoms with E-state index in [-0.39, 0.29) is 5.56 Å². The minimum Gasteiger partial charge on any atom is -0.293 e. The van der Waals surface area contributed by atoms with Gasteiger partial charge in [-0.05, 0) is 63.6 Å². The Balaban J connectivity index is 1.30. The predicted molar refractivity (Wildman–Crippen MR) is 99.1 cm³/mol. The Morgan fingerprint density at radius 2 is 1.96 bits per heavy atom. The van der Waals surface area contributed by atoms with Crippen LogP contribution in [0.15, 0.2) is 23.0 Å². The van der Waals surface area contributed by atoms with Crippen molar-refractivity contribution < 1.29 is 0 Å². The fourth-order valence-corrected chi connectivity index (χ4v) is 4.46. The summed E-state index contributed by atoms with van der Waals surface area (Å²) in [6, 6.07) is 6.28. The highest BCUT2D eigenvalue weighted by atomic mass is 16.1. The summed E-state index contributed by atoms with van der Waals surface area (Å²) in [7, 11) is 0. The molecule has 6 heteroatoms. The second-order valence-corrected chi connectivity index (χ2v) is 8.13. The number of fused-ring (bicyclic) bond motifs is 1. The van der Waals surface area contributed by atoms with E-state index in [1.165, 1.54) is 43.5 Å². The summed E-state index contributed by atoms with van der Waals surface area (Å²) in [5, 5.41) is 9.46. The maximum Gasteiger partial charge on any atom is 0.266 e. The molecule has 4 heterocycles. The van der Waals surface area contributed by atoms with E-state index in [0.717, 1.165) is 38.2 Å². The standard InChI is InChI=1S/C20H27N5O/c26-20-9-8-19(15-6-7-15)22-25(20)14-18-5-3-10-23(18)13-16-12-17-4-1-2-11-24(17)21-16/h8-9,12,15,18H,1-7,10-11,13-14H2. The zero-order chi connectivity index (χ0) is 17.5. The van der Waals surface area contributed by atoms with Crippen molar-refractivity contribution in [1.82, 2.24) is 24.5 Å². The van der Waals surface area contributed by atoms with E-state index in [0.29, 0.717) is 18.5 Å². The minimum atomic E-state index is 0.0266. The molecule has 1 saturated carbocycles. The van der Waals surface area contributed by atoms with Crippen molar-refractivity contribution in [2.24, 2.45) is 0 Å². The van der Waals surface area contributed by atoms with Gasteiger partial charge in [-0.3, -0.25) is 14.4 Å². The third-order valence-electron chi connectivity index (χ3n) is 6.10. The molecule has 1 saturated heterocycles. The summed E-state index contributed by atoms with van der Waals surface area (Å²) in [5.41, 5.74) is 3.69. The second-order valence-electron chi connectivity index (χ2n) is 8.13. The largest absolute Gasteiger partial charge is 0.293 e. The zero-order valence-corrected chi connectivity index (χ0v) is 15.3. The molecule has 5 rings (SSSR count). The maximum atomic E-state index is 12.3. The Morgan fingerprint density at radius 1 is 1.04 bits per heavy atom. The SMILES string of the molecule is O=c1ccc(C2CC2)nn1CC1CCCN1Cc1cc2n(n1)CCCC2. The van der Waals surface area contributed by atoms with Gasteiger partial charge >= 0.3 is 0 Å². The van der Waals surface area contributed by atoms with E-state index in [9.17, 15) is 4.79 Å². The van der Waals surface area contributed by atoms with Gasteiger partial charge in [-0.2, -0.15) is 10.2 Å². The van der Waals surface area contributed by atoms with Crippen LogP contribution in [-0.4, -0.2) is 37.0 Å². The quantitative estimate of drug-likeness (QED) is 0.828. The molecule has 0 bridgehead atoms. The van der Waals surface area contributed by atoms with Crippen molar-refractivity contribution in [3.05, 3.63) is 45.6 Å². The molecule has 1 aliphatic carbocycles. The van der Waals surface area contributed by atoms with E-state index in [1.54, 1.807) is 10.7 Å². The molecule has 0 spiro atoms. The average molecular weight is 353 g/mol. The molecule has 0 radical (unpaired) electrons. The van der Waals surface area contributed by atoms with Crippen LogP contribution >= 0.6 is 0 Å². The topological polar surface area (TPSA) is 56.0 Å². The van der Waals surface area contributed by atoms with Crippen LogP contribution in [0.5, 0.6) is 0 Å². The number of aromatic nitrogens is 4. The molecular formula is C20H27N5O. The number of likely N-dealkylation sites (tertiary alicyclic amines) is 1. The monoisotopic (exact) mass is 353 g/mol. The van der Waals surface area contributed by atoms with Gasteiger partial charge in [0.15, 0.2) is 0 Å². The highest BCUT2D eigenvalue weighted by molar-refractivity contribution is 5.13. The molecule has 2 aromatic rings. The van der Waals surface area contributed by atoms with Gasteiger partial charge in [0.2, 0.25) is 0 Å². The predicted octanol–water partition coefficient (Wildman–Crippen LogP) is 2.32. The van der Waals surface area contributed by atoms with Crippen molar-refractivity contribution in [1.29, 1.82) is 0 Å². The molecule has 1 unspecified atom stereocenters. The van der Waals surface area contributed by atoms with Crippen LogP contribution in [0.1, 0.15) is 61.5 Å². The van der Waals surface area contributed by atoms with Crippen LogP contribution in [0.25, 0.3) is 0 Å². The van der Waals surface area contributed by atoms with Gasteiger partial charge in [-0.1, -0.05) is 0 Å². The van der Waals surface area contributed by atoms with Crippen LogP contribution in [0.4, 0.5) is 0 Å². The van der Waals surface area contributed by atoms with Crippen LogP contribution in [-0.2, 0) is 26.1 Å². The number of rotatable bonds is 5. The Labute approximate surface area is 153 Å². The third-order valence-corrected chi connectivity index (χ3v) is 6.10. The fraction of sp³-hybridized carbons (Fsp3) is 0.650. The van der Waals surface area contributed by atoms with Crippen LogP contribution < -0.4 is 5.56 Å². The summed E-state index contributed by atoms with van der Waals surface area (Å²) >= 11 is 0. The zero-order valence-electron chi connectivity index (χ0n) is 15.3. The summed E-state index contributed by atoms with van der Waals surface area (Å²) < 4.78 is 3.89. The fourth-order valence-electron chi connectivity index (χ4n) is 4.46. The van der Waals surface area contributed by atoms with Crippen LogP contribution in [0, 0.1) is 0 Å². The highest BCUT2D eigenvalue weighted by Crippen LogP contribution is 2.38. The van der Waals surface area contributed by atoms with Crippen LogP contribution in [0.2, 0.25) is 0 Å². The number of nitrogens with zero attached hydrogens (tertiary/aromatic N) is 5.